The van der Waals surface area contributed by atoms with E-state index >= 15 is 0 Å². The van der Waals surface area contributed by atoms with E-state index in [-0.39, 0.29) is 0 Å². The summed E-state index contributed by atoms with van der Waals surface area (Å²) < 4.78 is 0. The van der Waals surface area contributed by atoms with Gasteiger partial charge < -0.3 is 0 Å². The van der Waals surface area contributed by atoms with Crippen LogP contribution in [-0.4, -0.2) is 0 Å². The molecule has 0 heteroatoms. The van der Waals surface area contributed by atoms with Crippen LogP contribution in [0.1, 0.15) is 17.5 Å². The van der Waals surface area contributed by atoms with E-state index in [9.17, 15) is 0 Å². The first kappa shape index (κ1) is 7.14. The zero-order chi connectivity index (χ0) is 8.67. The molecule has 0 spiro atoms. The van der Waals surface area contributed by atoms with Gasteiger partial charge >= 0.3 is 0 Å². The molecule has 0 saturated heterocycles. The first-order chi connectivity index (χ1) is 6.43. The summed E-state index contributed by atoms with van der Waals surface area (Å²) in [6.07, 6.45) is 3.89. The summed E-state index contributed by atoms with van der Waals surface area (Å²) >= 11 is 0. The lowest BCUT2D eigenvalue weighted by Crippen LogP contribution is -1.82. The maximum absolute atomic E-state index is 2.36. The van der Waals surface area contributed by atoms with Crippen LogP contribution in [0, 0.1) is 0 Å². The predicted octanol–water partition coefficient (Wildman–Crippen LogP) is 3.33. The van der Waals surface area contributed by atoms with Crippen LogP contribution in [0.3, 0.4) is 0 Å². The number of rotatable bonds is 0. The van der Waals surface area contributed by atoms with Gasteiger partial charge in [-0.05, 0) is 41.2 Å². The van der Waals surface area contributed by atoms with Gasteiger partial charge in [-0.3, -0.25) is 0 Å². The molecule has 1 aliphatic rings. The number of hydrogen-bond donors (Lipinski definition) is 0. The largest absolute Gasteiger partial charge is 0.0616 e. The zero-order valence-corrected chi connectivity index (χ0v) is 7.59. The van der Waals surface area contributed by atoms with Gasteiger partial charge in [-0.25, -0.2) is 0 Å². The third kappa shape index (κ3) is 1.06. The lowest BCUT2D eigenvalue weighted by molar-refractivity contribution is 0.912. The molecule has 0 saturated carbocycles. The molecule has 3 rings (SSSR count). The second-order valence-corrected chi connectivity index (χ2v) is 3.82. The summed E-state index contributed by atoms with van der Waals surface area (Å²) in [5.41, 5.74) is 3.14. The van der Waals surface area contributed by atoms with Crippen molar-refractivity contribution < 1.29 is 0 Å². The van der Waals surface area contributed by atoms with Gasteiger partial charge in [-0.2, -0.15) is 0 Å². The van der Waals surface area contributed by atoms with Gasteiger partial charge in [-0.15, -0.1) is 0 Å². The van der Waals surface area contributed by atoms with Crippen LogP contribution >= 0.6 is 0 Å². The first-order valence-electron chi connectivity index (χ1n) is 4.94. The van der Waals surface area contributed by atoms with Crippen molar-refractivity contribution >= 4 is 10.8 Å². The van der Waals surface area contributed by atoms with E-state index in [0.717, 1.165) is 0 Å². The summed E-state index contributed by atoms with van der Waals surface area (Å²) in [7, 11) is 0. The highest BCUT2D eigenvalue weighted by Crippen LogP contribution is 2.26. The monoisotopic (exact) mass is 168 g/mol. The van der Waals surface area contributed by atoms with E-state index in [1.165, 1.54) is 30.0 Å². The van der Waals surface area contributed by atoms with Gasteiger partial charge in [0.05, 0.1) is 0 Å². The van der Waals surface area contributed by atoms with Crippen LogP contribution in [0.25, 0.3) is 10.8 Å². The molecule has 13 heavy (non-hydrogen) atoms. The summed E-state index contributed by atoms with van der Waals surface area (Å²) in [6, 6.07) is 13.4. The van der Waals surface area contributed by atoms with Crippen molar-refractivity contribution in [3.8, 4) is 0 Å². The molecule has 0 bridgehead atoms. The molecular formula is C13H12. The van der Waals surface area contributed by atoms with Gasteiger partial charge in [0.1, 0.15) is 0 Å². The fraction of sp³-hybridized carbons (Fsp3) is 0.231. The lowest BCUT2D eigenvalue weighted by Gasteiger charge is -2.02. The van der Waals surface area contributed by atoms with E-state index in [1.807, 2.05) is 0 Å². The Morgan fingerprint density at radius 2 is 1.31 bits per heavy atom. The Morgan fingerprint density at radius 1 is 0.769 bits per heavy atom. The standard InChI is InChI=1S/C13H12/c1-2-5-11-9-13-7-3-6-12(13)8-10(11)4-1/h1-2,4-5,8-9H,3,6-7H2. The normalized spacial score (nSPS) is 14.8. The highest BCUT2D eigenvalue weighted by molar-refractivity contribution is 5.84. The number of hydrogen-bond acceptors (Lipinski definition) is 0. The second kappa shape index (κ2) is 2.59. The van der Waals surface area contributed by atoms with Crippen LogP contribution in [-0.2, 0) is 12.8 Å². The molecule has 0 heterocycles. The Bertz CT molecular complexity index is 412. The van der Waals surface area contributed by atoms with E-state index in [1.54, 1.807) is 11.1 Å². The van der Waals surface area contributed by atoms with Gasteiger partial charge in [0.25, 0.3) is 0 Å². The molecule has 0 fully saturated rings. The topological polar surface area (TPSA) is 0 Å². The Labute approximate surface area is 78.2 Å². The average molecular weight is 168 g/mol. The van der Waals surface area contributed by atoms with Crippen molar-refractivity contribution in [2.45, 2.75) is 19.3 Å². The first-order valence-corrected chi connectivity index (χ1v) is 4.94. The van der Waals surface area contributed by atoms with Gasteiger partial charge in [0, 0.05) is 0 Å². The SMILES string of the molecule is c1ccc2cc3c(cc2c1)CCC3. The van der Waals surface area contributed by atoms with Crippen LogP contribution in [0.2, 0.25) is 0 Å². The minimum Gasteiger partial charge on any atom is -0.0616 e. The molecule has 0 unspecified atom stereocenters. The molecule has 0 nitrogen and oxygen atoms in total. The zero-order valence-electron chi connectivity index (χ0n) is 7.59. The Morgan fingerprint density at radius 3 is 1.85 bits per heavy atom. The molecule has 2 aromatic rings. The van der Waals surface area contributed by atoms with Crippen LogP contribution in [0.4, 0.5) is 0 Å². The van der Waals surface area contributed by atoms with E-state index in [0.29, 0.717) is 0 Å². The van der Waals surface area contributed by atoms with Crippen LogP contribution in [0.5, 0.6) is 0 Å². The third-order valence-corrected chi connectivity index (χ3v) is 2.96. The Balaban J connectivity index is 2.36. The minimum absolute atomic E-state index is 1.28. The van der Waals surface area contributed by atoms with Crippen molar-refractivity contribution in [2.24, 2.45) is 0 Å². The molecule has 0 aromatic heterocycles. The second-order valence-electron chi connectivity index (χ2n) is 3.82. The molecule has 0 N–H and O–H groups in total. The Hall–Kier alpha value is -1.30. The van der Waals surface area contributed by atoms with Gasteiger partial charge in [0.15, 0.2) is 0 Å². The molecule has 0 radical (unpaired) electrons. The summed E-state index contributed by atoms with van der Waals surface area (Å²) in [4.78, 5) is 0. The van der Waals surface area contributed by atoms with Crippen molar-refractivity contribution in [3.05, 3.63) is 47.5 Å². The molecular weight excluding hydrogens is 156 g/mol. The number of fused-ring (bicyclic) bond motifs is 2. The molecule has 0 amide bonds. The van der Waals surface area contributed by atoms with Gasteiger partial charge in [0.2, 0.25) is 0 Å². The van der Waals surface area contributed by atoms with Crippen molar-refractivity contribution in [3.63, 3.8) is 0 Å². The predicted molar refractivity (Wildman–Crippen MR) is 56.0 cm³/mol. The smallest absolute Gasteiger partial charge is 0.0181 e. The summed E-state index contributed by atoms with van der Waals surface area (Å²) in [5.74, 6) is 0. The highest BCUT2D eigenvalue weighted by atomic mass is 14.2. The third-order valence-electron chi connectivity index (χ3n) is 2.96. The molecule has 0 atom stereocenters. The van der Waals surface area contributed by atoms with E-state index < -0.39 is 0 Å². The minimum atomic E-state index is 1.28. The van der Waals surface area contributed by atoms with Crippen molar-refractivity contribution in [1.29, 1.82) is 0 Å². The van der Waals surface area contributed by atoms with E-state index in [2.05, 4.69) is 36.4 Å². The van der Waals surface area contributed by atoms with E-state index in [4.69, 9.17) is 0 Å². The van der Waals surface area contributed by atoms with Crippen LogP contribution < -0.4 is 0 Å². The molecule has 1 aliphatic carbocycles. The highest BCUT2D eigenvalue weighted by Gasteiger charge is 2.10. The maximum atomic E-state index is 2.36. The fourth-order valence-corrected chi connectivity index (χ4v) is 2.27. The van der Waals surface area contributed by atoms with Gasteiger partial charge in [-0.1, -0.05) is 36.4 Å². The molecule has 2 aromatic carbocycles. The molecule has 64 valence electrons. The number of benzene rings is 2. The fourth-order valence-electron chi connectivity index (χ4n) is 2.27. The summed E-state index contributed by atoms with van der Waals surface area (Å²) in [5, 5.41) is 2.78. The van der Waals surface area contributed by atoms with Crippen molar-refractivity contribution in [1.82, 2.24) is 0 Å². The quantitative estimate of drug-likeness (QED) is 0.566. The number of aryl methyl sites for hydroxylation is 2. The summed E-state index contributed by atoms with van der Waals surface area (Å²) in [6.45, 7) is 0. The van der Waals surface area contributed by atoms with Crippen LogP contribution in [0.15, 0.2) is 36.4 Å². The average Bonchev–Trinajstić information content (AvgIpc) is 2.61. The maximum Gasteiger partial charge on any atom is -0.0181 e. The Kier molecular flexibility index (Phi) is 1.42. The molecule has 0 aliphatic heterocycles. The van der Waals surface area contributed by atoms with Crippen molar-refractivity contribution in [2.75, 3.05) is 0 Å². The lowest BCUT2D eigenvalue weighted by atomic mass is 10.0.